The number of nitrogens with zero attached hydrogens (tertiary/aromatic N) is 1. The van der Waals surface area contributed by atoms with E-state index in [0.29, 0.717) is 22.5 Å². The Balaban J connectivity index is 2.71. The van der Waals surface area contributed by atoms with Crippen LogP contribution in [0.3, 0.4) is 0 Å². The zero-order valence-corrected chi connectivity index (χ0v) is 10.7. The van der Waals surface area contributed by atoms with Crippen LogP contribution in [0.2, 0.25) is 0 Å². The highest BCUT2D eigenvalue weighted by molar-refractivity contribution is 6.04. The van der Waals surface area contributed by atoms with Crippen molar-refractivity contribution >= 4 is 12.2 Å². The van der Waals surface area contributed by atoms with E-state index in [4.69, 9.17) is 9.94 Å². The number of oxime groups is 1. The summed E-state index contributed by atoms with van der Waals surface area (Å²) >= 11 is 0. The highest BCUT2D eigenvalue weighted by Gasteiger charge is 2.22. The highest BCUT2D eigenvalue weighted by Crippen LogP contribution is 2.29. The van der Waals surface area contributed by atoms with Crippen molar-refractivity contribution in [2.24, 2.45) is 5.16 Å². The molecule has 19 heavy (non-hydrogen) atoms. The van der Waals surface area contributed by atoms with Crippen molar-refractivity contribution in [1.82, 2.24) is 4.98 Å². The van der Waals surface area contributed by atoms with Gasteiger partial charge in [0.25, 0.3) is 0 Å². The Morgan fingerprint density at radius 2 is 2.05 bits per heavy atom. The molecule has 2 N–H and O–H groups in total. The number of carbonyl (C=O) groups is 1. The van der Waals surface area contributed by atoms with E-state index in [1.807, 2.05) is 30.3 Å². The lowest BCUT2D eigenvalue weighted by Crippen LogP contribution is -2.03. The summed E-state index contributed by atoms with van der Waals surface area (Å²) < 4.78 is 4.80. The largest absolute Gasteiger partial charge is 0.465 e. The van der Waals surface area contributed by atoms with Crippen molar-refractivity contribution in [2.45, 2.75) is 6.92 Å². The van der Waals surface area contributed by atoms with Gasteiger partial charge < -0.3 is 14.9 Å². The Morgan fingerprint density at radius 3 is 2.63 bits per heavy atom. The number of carbonyl (C=O) groups excluding carboxylic acids is 1. The van der Waals surface area contributed by atoms with Gasteiger partial charge in [-0.1, -0.05) is 35.5 Å². The number of rotatable bonds is 3. The van der Waals surface area contributed by atoms with Gasteiger partial charge in [0.1, 0.15) is 0 Å². The summed E-state index contributed by atoms with van der Waals surface area (Å²) in [5.74, 6) is -0.426. The molecule has 2 rings (SSSR count). The number of aromatic nitrogens is 1. The number of aromatic amines is 1. The molecule has 0 bridgehead atoms. The molecule has 0 saturated carbocycles. The highest BCUT2D eigenvalue weighted by atomic mass is 16.5. The van der Waals surface area contributed by atoms with Crippen LogP contribution in [-0.2, 0) is 4.74 Å². The summed E-state index contributed by atoms with van der Waals surface area (Å²) in [4.78, 5) is 14.9. The molecule has 5 nitrogen and oxygen atoms in total. The van der Waals surface area contributed by atoms with Crippen molar-refractivity contribution < 1.29 is 14.7 Å². The fourth-order valence-corrected chi connectivity index (χ4v) is 2.07. The van der Waals surface area contributed by atoms with Crippen LogP contribution in [0.5, 0.6) is 0 Å². The Bertz CT molecular complexity index is 615. The molecule has 98 valence electrons. The predicted molar refractivity (Wildman–Crippen MR) is 71.7 cm³/mol. The van der Waals surface area contributed by atoms with Crippen LogP contribution in [0.25, 0.3) is 11.1 Å². The molecular weight excluding hydrogens is 244 g/mol. The topological polar surface area (TPSA) is 74.7 Å². The van der Waals surface area contributed by atoms with Crippen molar-refractivity contribution in [3.8, 4) is 11.1 Å². The minimum Gasteiger partial charge on any atom is -0.465 e. The van der Waals surface area contributed by atoms with E-state index in [1.54, 1.807) is 6.92 Å². The van der Waals surface area contributed by atoms with E-state index in [9.17, 15) is 4.79 Å². The van der Waals surface area contributed by atoms with Crippen LogP contribution < -0.4 is 0 Å². The minimum atomic E-state index is -0.426. The molecule has 1 heterocycles. The zero-order chi connectivity index (χ0) is 13.8. The molecule has 0 aliphatic carbocycles. The molecule has 0 aliphatic rings. The van der Waals surface area contributed by atoms with E-state index < -0.39 is 5.97 Å². The predicted octanol–water partition coefficient (Wildman–Crippen LogP) is 2.58. The summed E-state index contributed by atoms with van der Waals surface area (Å²) in [6, 6.07) is 9.39. The molecule has 0 atom stereocenters. The quantitative estimate of drug-likeness (QED) is 0.384. The van der Waals surface area contributed by atoms with Crippen LogP contribution in [0.4, 0.5) is 0 Å². The van der Waals surface area contributed by atoms with Gasteiger partial charge in [-0.3, -0.25) is 0 Å². The molecule has 1 aromatic carbocycles. The van der Waals surface area contributed by atoms with Gasteiger partial charge in [-0.2, -0.15) is 0 Å². The van der Waals surface area contributed by atoms with Crippen LogP contribution >= 0.6 is 0 Å². The fraction of sp³-hybridized carbons (Fsp3) is 0.143. The SMILES string of the molecule is COC(=O)c1c(C)[nH]c(/C=N\O)c1-c1ccccc1. The molecule has 0 saturated heterocycles. The zero-order valence-electron chi connectivity index (χ0n) is 10.7. The number of aryl methyl sites for hydroxylation is 1. The first-order valence-electron chi connectivity index (χ1n) is 5.72. The summed E-state index contributed by atoms with van der Waals surface area (Å²) in [5, 5.41) is 11.7. The van der Waals surface area contributed by atoms with Gasteiger partial charge in [0.15, 0.2) is 0 Å². The van der Waals surface area contributed by atoms with Crippen LogP contribution in [0.1, 0.15) is 21.7 Å². The standard InChI is InChI=1S/C14H14N2O3/c1-9-12(14(17)19-2)13(11(16-9)8-15-18)10-6-4-3-5-7-10/h3-8,16,18H,1-2H3/b15-8-. The number of hydrogen-bond donors (Lipinski definition) is 2. The van der Waals surface area contributed by atoms with E-state index in [0.717, 1.165) is 5.56 Å². The number of benzene rings is 1. The average molecular weight is 258 g/mol. The average Bonchev–Trinajstić information content (AvgIpc) is 2.76. The van der Waals surface area contributed by atoms with Crippen molar-refractivity contribution in [3.63, 3.8) is 0 Å². The van der Waals surface area contributed by atoms with Crippen molar-refractivity contribution in [3.05, 3.63) is 47.3 Å². The normalized spacial score (nSPS) is 10.8. The molecule has 0 spiro atoms. The lowest BCUT2D eigenvalue weighted by molar-refractivity contribution is 0.0601. The smallest absolute Gasteiger partial charge is 0.340 e. The molecule has 5 heteroatoms. The number of ether oxygens (including phenoxy) is 1. The second-order valence-corrected chi connectivity index (χ2v) is 4.02. The van der Waals surface area contributed by atoms with Crippen LogP contribution in [0, 0.1) is 6.92 Å². The molecule has 0 unspecified atom stereocenters. The Hall–Kier alpha value is -2.56. The van der Waals surface area contributed by atoms with Gasteiger partial charge in [-0.05, 0) is 12.5 Å². The molecule has 0 fully saturated rings. The first-order valence-corrected chi connectivity index (χ1v) is 5.72. The van der Waals surface area contributed by atoms with E-state index in [2.05, 4.69) is 10.1 Å². The third kappa shape index (κ3) is 2.35. The van der Waals surface area contributed by atoms with Gasteiger partial charge in [-0.15, -0.1) is 0 Å². The summed E-state index contributed by atoms with van der Waals surface area (Å²) in [6.07, 6.45) is 1.27. The maximum absolute atomic E-state index is 11.9. The van der Waals surface area contributed by atoms with Gasteiger partial charge in [-0.25, -0.2) is 4.79 Å². The first-order chi connectivity index (χ1) is 9.19. The second kappa shape index (κ2) is 5.39. The van der Waals surface area contributed by atoms with Crippen molar-refractivity contribution in [1.29, 1.82) is 0 Å². The van der Waals surface area contributed by atoms with E-state index in [1.165, 1.54) is 13.3 Å². The number of nitrogens with one attached hydrogen (secondary N) is 1. The van der Waals surface area contributed by atoms with Crippen LogP contribution in [-0.4, -0.2) is 29.5 Å². The molecule has 2 aromatic rings. The van der Waals surface area contributed by atoms with Crippen LogP contribution in [0.15, 0.2) is 35.5 Å². The maximum Gasteiger partial charge on any atom is 0.340 e. The third-order valence-electron chi connectivity index (χ3n) is 2.86. The number of methoxy groups -OCH3 is 1. The summed E-state index contributed by atoms with van der Waals surface area (Å²) in [7, 11) is 1.34. The van der Waals surface area contributed by atoms with Gasteiger partial charge in [0, 0.05) is 11.3 Å². The van der Waals surface area contributed by atoms with Gasteiger partial charge in [0.05, 0.1) is 24.6 Å². The van der Waals surface area contributed by atoms with E-state index in [-0.39, 0.29) is 0 Å². The molecule has 0 amide bonds. The maximum atomic E-state index is 11.9. The number of esters is 1. The molecule has 1 aromatic heterocycles. The molecule has 0 radical (unpaired) electrons. The molecule has 0 aliphatic heterocycles. The number of H-pyrrole nitrogens is 1. The van der Waals surface area contributed by atoms with E-state index >= 15 is 0 Å². The monoisotopic (exact) mass is 258 g/mol. The Labute approximate surface area is 110 Å². The van der Waals surface area contributed by atoms with Gasteiger partial charge in [0.2, 0.25) is 0 Å². The minimum absolute atomic E-state index is 0.426. The lowest BCUT2D eigenvalue weighted by Gasteiger charge is -2.04. The fourth-order valence-electron chi connectivity index (χ4n) is 2.07. The lowest BCUT2D eigenvalue weighted by atomic mass is 10.0. The Morgan fingerprint density at radius 1 is 1.37 bits per heavy atom. The summed E-state index contributed by atoms with van der Waals surface area (Å²) in [6.45, 7) is 1.77. The molecular formula is C14H14N2O3. The first kappa shape index (κ1) is 12.9. The number of hydrogen-bond acceptors (Lipinski definition) is 4. The van der Waals surface area contributed by atoms with Crippen molar-refractivity contribution in [2.75, 3.05) is 7.11 Å². The summed E-state index contributed by atoms with van der Waals surface area (Å²) in [5.41, 5.74) is 3.20. The Kier molecular flexibility index (Phi) is 3.66. The second-order valence-electron chi connectivity index (χ2n) is 4.02. The third-order valence-corrected chi connectivity index (χ3v) is 2.86. The van der Waals surface area contributed by atoms with Gasteiger partial charge >= 0.3 is 5.97 Å².